The van der Waals surface area contributed by atoms with Gasteiger partial charge >= 0.3 is 0 Å². The van der Waals surface area contributed by atoms with Crippen LogP contribution in [0.25, 0.3) is 11.3 Å². The molecule has 0 bridgehead atoms. The fourth-order valence-corrected chi connectivity index (χ4v) is 3.79. The summed E-state index contributed by atoms with van der Waals surface area (Å²) in [6.07, 6.45) is 0. The van der Waals surface area contributed by atoms with E-state index in [4.69, 9.17) is 16.1 Å². The number of hydrazine groups is 1. The SMILES string of the molecule is Cc1ccc(S(=O)(=O)N(C)CC(=O)NNC(=O)c2cc(-c3ccc(Cl)cc3)on2)cc1. The summed E-state index contributed by atoms with van der Waals surface area (Å²) in [5, 5.41) is 4.22. The van der Waals surface area contributed by atoms with Gasteiger partial charge in [-0.1, -0.05) is 34.5 Å². The van der Waals surface area contributed by atoms with E-state index in [9.17, 15) is 18.0 Å². The maximum Gasteiger partial charge on any atom is 0.291 e. The van der Waals surface area contributed by atoms with Gasteiger partial charge in [0.25, 0.3) is 11.8 Å². The van der Waals surface area contributed by atoms with Gasteiger partial charge in [-0.15, -0.1) is 0 Å². The van der Waals surface area contributed by atoms with E-state index in [0.29, 0.717) is 16.3 Å². The van der Waals surface area contributed by atoms with Crippen LogP contribution in [-0.4, -0.2) is 43.3 Å². The van der Waals surface area contributed by atoms with Crippen molar-refractivity contribution in [1.29, 1.82) is 0 Å². The van der Waals surface area contributed by atoms with E-state index in [1.165, 1.54) is 25.2 Å². The molecule has 0 fully saturated rings. The first-order valence-electron chi connectivity index (χ1n) is 9.01. The van der Waals surface area contributed by atoms with Crippen LogP contribution >= 0.6 is 11.6 Å². The molecule has 0 aliphatic rings. The standard InChI is InChI=1S/C20H19ClN4O5S/c1-13-3-9-16(10-4-13)31(28,29)25(2)12-19(26)22-23-20(27)17-11-18(30-24-17)14-5-7-15(21)8-6-14/h3-11H,12H2,1-2H3,(H,22,26)(H,23,27). The number of nitrogens with one attached hydrogen (secondary N) is 2. The molecular weight excluding hydrogens is 444 g/mol. The molecule has 0 atom stereocenters. The third kappa shape index (κ3) is 5.48. The van der Waals surface area contributed by atoms with Gasteiger partial charge in [0.05, 0.1) is 11.4 Å². The summed E-state index contributed by atoms with van der Waals surface area (Å²) >= 11 is 5.84. The lowest BCUT2D eigenvalue weighted by Crippen LogP contribution is -2.46. The molecule has 0 unspecified atom stereocenters. The van der Waals surface area contributed by atoms with E-state index < -0.39 is 28.4 Å². The Bertz CT molecular complexity index is 1190. The minimum absolute atomic E-state index is 0.0640. The predicted molar refractivity (Wildman–Crippen MR) is 114 cm³/mol. The van der Waals surface area contributed by atoms with Crippen LogP contribution in [-0.2, 0) is 14.8 Å². The molecule has 9 nitrogen and oxygen atoms in total. The van der Waals surface area contributed by atoms with E-state index in [-0.39, 0.29) is 10.6 Å². The minimum atomic E-state index is -3.85. The molecule has 2 aromatic carbocycles. The monoisotopic (exact) mass is 462 g/mol. The summed E-state index contributed by atoms with van der Waals surface area (Å²) in [5.41, 5.74) is 5.85. The van der Waals surface area contributed by atoms with Crippen molar-refractivity contribution in [2.24, 2.45) is 0 Å². The average Bonchev–Trinajstić information content (AvgIpc) is 3.23. The number of carbonyl (C=O) groups is 2. The summed E-state index contributed by atoms with van der Waals surface area (Å²) in [6, 6.07) is 14.4. The number of hydrogen-bond donors (Lipinski definition) is 2. The van der Waals surface area contributed by atoms with Crippen LogP contribution in [0.15, 0.2) is 64.0 Å². The quantitative estimate of drug-likeness (QED) is 0.542. The highest BCUT2D eigenvalue weighted by molar-refractivity contribution is 7.89. The lowest BCUT2D eigenvalue weighted by atomic mass is 10.1. The molecule has 162 valence electrons. The smallest absolute Gasteiger partial charge is 0.291 e. The molecule has 1 aromatic heterocycles. The normalized spacial score (nSPS) is 11.4. The molecule has 1 heterocycles. The molecule has 0 aliphatic heterocycles. The van der Waals surface area contributed by atoms with E-state index >= 15 is 0 Å². The van der Waals surface area contributed by atoms with Crippen LogP contribution in [0.5, 0.6) is 0 Å². The van der Waals surface area contributed by atoms with E-state index in [1.807, 2.05) is 6.92 Å². The fourth-order valence-electron chi connectivity index (χ4n) is 2.54. The summed E-state index contributed by atoms with van der Waals surface area (Å²) in [6.45, 7) is 1.34. The highest BCUT2D eigenvalue weighted by Gasteiger charge is 2.23. The molecule has 0 spiro atoms. The zero-order chi connectivity index (χ0) is 22.6. The molecule has 0 saturated carbocycles. The van der Waals surface area contributed by atoms with Gasteiger partial charge in [-0.3, -0.25) is 20.4 Å². The maximum atomic E-state index is 12.5. The molecule has 2 amide bonds. The number of aryl methyl sites for hydroxylation is 1. The number of hydrogen-bond acceptors (Lipinski definition) is 6. The van der Waals surface area contributed by atoms with Crippen molar-refractivity contribution in [2.75, 3.05) is 13.6 Å². The van der Waals surface area contributed by atoms with E-state index in [0.717, 1.165) is 9.87 Å². The van der Waals surface area contributed by atoms with Crippen LogP contribution in [0.2, 0.25) is 5.02 Å². The van der Waals surface area contributed by atoms with Crippen molar-refractivity contribution in [3.05, 3.63) is 70.9 Å². The first-order chi connectivity index (χ1) is 14.7. The van der Waals surface area contributed by atoms with Crippen LogP contribution in [0, 0.1) is 6.92 Å². The maximum absolute atomic E-state index is 12.5. The minimum Gasteiger partial charge on any atom is -0.355 e. The number of carbonyl (C=O) groups excluding carboxylic acids is 2. The third-order valence-electron chi connectivity index (χ3n) is 4.28. The number of benzene rings is 2. The van der Waals surface area contributed by atoms with Crippen molar-refractivity contribution in [3.63, 3.8) is 0 Å². The number of amides is 2. The molecule has 0 aliphatic carbocycles. The van der Waals surface area contributed by atoms with Crippen LogP contribution in [0.3, 0.4) is 0 Å². The zero-order valence-corrected chi connectivity index (χ0v) is 18.2. The molecular formula is C20H19ClN4O5S. The van der Waals surface area contributed by atoms with Gasteiger partial charge in [0.15, 0.2) is 11.5 Å². The van der Waals surface area contributed by atoms with Gasteiger partial charge < -0.3 is 4.52 Å². The topological polar surface area (TPSA) is 122 Å². The number of sulfonamides is 1. The van der Waals surface area contributed by atoms with Crippen molar-refractivity contribution in [3.8, 4) is 11.3 Å². The van der Waals surface area contributed by atoms with Crippen molar-refractivity contribution >= 4 is 33.4 Å². The number of halogens is 1. The molecule has 3 aromatic rings. The summed E-state index contributed by atoms with van der Waals surface area (Å²) in [4.78, 5) is 24.3. The van der Waals surface area contributed by atoms with Crippen LogP contribution in [0.1, 0.15) is 16.1 Å². The number of aromatic nitrogens is 1. The molecule has 31 heavy (non-hydrogen) atoms. The summed E-state index contributed by atoms with van der Waals surface area (Å²) in [7, 11) is -2.58. The fraction of sp³-hybridized carbons (Fsp3) is 0.150. The second-order valence-electron chi connectivity index (χ2n) is 6.66. The highest BCUT2D eigenvalue weighted by atomic mass is 35.5. The Balaban J connectivity index is 1.56. The van der Waals surface area contributed by atoms with Crippen molar-refractivity contribution in [1.82, 2.24) is 20.3 Å². The van der Waals surface area contributed by atoms with Crippen LogP contribution in [0.4, 0.5) is 0 Å². The molecule has 3 rings (SSSR count). The average molecular weight is 463 g/mol. The third-order valence-corrected chi connectivity index (χ3v) is 6.35. The Morgan fingerprint density at radius 3 is 2.35 bits per heavy atom. The Morgan fingerprint density at radius 1 is 1.06 bits per heavy atom. The van der Waals surface area contributed by atoms with Crippen molar-refractivity contribution in [2.45, 2.75) is 11.8 Å². The first-order valence-corrected chi connectivity index (χ1v) is 10.8. The summed E-state index contributed by atoms with van der Waals surface area (Å²) < 4.78 is 31.1. The van der Waals surface area contributed by atoms with Gasteiger partial charge in [-0.25, -0.2) is 8.42 Å². The number of nitrogens with zero attached hydrogens (tertiary/aromatic N) is 2. The Morgan fingerprint density at radius 2 is 1.71 bits per heavy atom. The van der Waals surface area contributed by atoms with Gasteiger partial charge in [-0.05, 0) is 43.3 Å². The lowest BCUT2D eigenvalue weighted by molar-refractivity contribution is -0.121. The van der Waals surface area contributed by atoms with E-state index in [2.05, 4.69) is 16.0 Å². The first kappa shape index (κ1) is 22.5. The molecule has 0 radical (unpaired) electrons. The molecule has 2 N–H and O–H groups in total. The Labute approximate surface area is 184 Å². The highest BCUT2D eigenvalue weighted by Crippen LogP contribution is 2.22. The Hall–Kier alpha value is -3.21. The second kappa shape index (κ2) is 9.29. The van der Waals surface area contributed by atoms with Gasteiger partial charge in [0.1, 0.15) is 0 Å². The summed E-state index contributed by atoms with van der Waals surface area (Å²) in [5.74, 6) is -1.11. The van der Waals surface area contributed by atoms with Crippen LogP contribution < -0.4 is 10.9 Å². The van der Waals surface area contributed by atoms with Gasteiger partial charge in [0.2, 0.25) is 10.0 Å². The number of rotatable bonds is 6. The predicted octanol–water partition coefficient (Wildman–Crippen LogP) is 2.39. The van der Waals surface area contributed by atoms with Gasteiger partial charge in [0, 0.05) is 23.7 Å². The molecule has 0 saturated heterocycles. The van der Waals surface area contributed by atoms with Gasteiger partial charge in [-0.2, -0.15) is 4.31 Å². The lowest BCUT2D eigenvalue weighted by Gasteiger charge is -2.17. The van der Waals surface area contributed by atoms with E-state index in [1.54, 1.807) is 36.4 Å². The zero-order valence-electron chi connectivity index (χ0n) is 16.6. The van der Waals surface area contributed by atoms with Crippen molar-refractivity contribution < 1.29 is 22.5 Å². The largest absolute Gasteiger partial charge is 0.355 e. The number of likely N-dealkylation sites (N-methyl/N-ethyl adjacent to an activating group) is 1. The Kier molecular flexibility index (Phi) is 6.74. The molecule has 11 heteroatoms. The second-order valence-corrected chi connectivity index (χ2v) is 9.14.